The summed E-state index contributed by atoms with van der Waals surface area (Å²) in [6, 6.07) is 4.70. The average molecular weight is 225 g/mol. The largest absolute Gasteiger partial charge is 0.320 e. The number of benzene rings is 1. The van der Waals surface area contributed by atoms with Crippen LogP contribution in [-0.2, 0) is 4.79 Å². The first-order chi connectivity index (χ1) is 7.52. The monoisotopic (exact) mass is 225 g/mol. The fraction of sp³-hybridized carbons (Fsp3) is 0.200. The average Bonchev–Trinajstić information content (AvgIpc) is 2.25. The molecule has 6 heteroatoms. The Morgan fingerprint density at radius 3 is 2.50 bits per heavy atom. The van der Waals surface area contributed by atoms with Crippen molar-refractivity contribution >= 4 is 11.8 Å². The van der Waals surface area contributed by atoms with E-state index < -0.39 is 23.7 Å². The van der Waals surface area contributed by atoms with Gasteiger partial charge in [-0.3, -0.25) is 20.4 Å². The molecule has 0 spiro atoms. The molecule has 1 unspecified atom stereocenters. The second kappa shape index (κ2) is 5.22. The van der Waals surface area contributed by atoms with Crippen molar-refractivity contribution in [3.63, 3.8) is 0 Å². The summed E-state index contributed by atoms with van der Waals surface area (Å²) in [5.74, 6) is -1.94. The highest BCUT2D eigenvalue weighted by Gasteiger charge is 2.12. The molecule has 0 heterocycles. The lowest BCUT2D eigenvalue weighted by atomic mass is 10.2. The van der Waals surface area contributed by atoms with Crippen LogP contribution in [0.25, 0.3) is 0 Å². The van der Waals surface area contributed by atoms with E-state index in [-0.39, 0.29) is 5.56 Å². The maximum absolute atomic E-state index is 13.1. The van der Waals surface area contributed by atoms with Gasteiger partial charge in [-0.2, -0.15) is 0 Å². The van der Waals surface area contributed by atoms with Crippen LogP contribution >= 0.6 is 0 Å². The fourth-order valence-electron chi connectivity index (χ4n) is 0.945. The molecule has 5 nitrogen and oxygen atoms in total. The number of rotatable bonds is 2. The van der Waals surface area contributed by atoms with Crippen molar-refractivity contribution in [3.8, 4) is 0 Å². The van der Waals surface area contributed by atoms with Gasteiger partial charge in [-0.1, -0.05) is 12.1 Å². The molecule has 86 valence electrons. The Labute approximate surface area is 91.8 Å². The molecule has 0 bridgehead atoms. The third-order valence-corrected chi connectivity index (χ3v) is 1.83. The molecule has 4 N–H and O–H groups in total. The van der Waals surface area contributed by atoms with Crippen LogP contribution in [0.3, 0.4) is 0 Å². The SMILES string of the molecule is CC(N)C(=O)NNC(=O)c1ccccc1F. The first-order valence-corrected chi connectivity index (χ1v) is 4.62. The number of nitrogens with one attached hydrogen (secondary N) is 2. The van der Waals surface area contributed by atoms with Gasteiger partial charge >= 0.3 is 0 Å². The van der Waals surface area contributed by atoms with Crippen LogP contribution in [0, 0.1) is 5.82 Å². The number of carbonyl (C=O) groups excluding carboxylic acids is 2. The molecule has 0 aliphatic rings. The smallest absolute Gasteiger partial charge is 0.272 e. The minimum absolute atomic E-state index is 0.146. The van der Waals surface area contributed by atoms with Crippen molar-refractivity contribution in [2.24, 2.45) is 5.73 Å². The molecule has 1 aromatic carbocycles. The van der Waals surface area contributed by atoms with Gasteiger partial charge in [-0.25, -0.2) is 4.39 Å². The van der Waals surface area contributed by atoms with Crippen molar-refractivity contribution in [3.05, 3.63) is 35.6 Å². The van der Waals surface area contributed by atoms with Crippen LogP contribution in [0.1, 0.15) is 17.3 Å². The van der Waals surface area contributed by atoms with E-state index in [1.165, 1.54) is 25.1 Å². The molecule has 1 rings (SSSR count). The molecule has 16 heavy (non-hydrogen) atoms. The lowest BCUT2D eigenvalue weighted by molar-refractivity contribution is -0.122. The second-order valence-corrected chi connectivity index (χ2v) is 3.21. The van der Waals surface area contributed by atoms with E-state index in [2.05, 4.69) is 10.9 Å². The minimum atomic E-state index is -0.749. The molecule has 0 saturated carbocycles. The number of nitrogens with two attached hydrogens (primary N) is 1. The molecular weight excluding hydrogens is 213 g/mol. The molecule has 0 saturated heterocycles. The Morgan fingerprint density at radius 2 is 1.94 bits per heavy atom. The van der Waals surface area contributed by atoms with Gasteiger partial charge in [0.25, 0.3) is 11.8 Å². The number of hydrazine groups is 1. The van der Waals surface area contributed by atoms with Crippen molar-refractivity contribution in [1.82, 2.24) is 10.9 Å². The zero-order valence-electron chi connectivity index (χ0n) is 8.66. The Hall–Kier alpha value is -1.95. The first kappa shape index (κ1) is 12.1. The molecule has 0 fully saturated rings. The molecule has 2 amide bonds. The molecule has 0 aromatic heterocycles. The third kappa shape index (κ3) is 3.03. The summed E-state index contributed by atoms with van der Waals surface area (Å²) >= 11 is 0. The van der Waals surface area contributed by atoms with Gasteiger partial charge in [0.2, 0.25) is 0 Å². The van der Waals surface area contributed by atoms with Crippen molar-refractivity contribution < 1.29 is 14.0 Å². The van der Waals surface area contributed by atoms with E-state index in [4.69, 9.17) is 5.73 Å². The maximum atomic E-state index is 13.1. The Balaban J connectivity index is 2.60. The molecule has 1 aromatic rings. The third-order valence-electron chi connectivity index (χ3n) is 1.83. The van der Waals surface area contributed by atoms with Gasteiger partial charge in [0.05, 0.1) is 11.6 Å². The van der Waals surface area contributed by atoms with E-state index in [1.54, 1.807) is 0 Å². The predicted molar refractivity (Wildman–Crippen MR) is 55.7 cm³/mol. The van der Waals surface area contributed by atoms with E-state index in [1.807, 2.05) is 0 Å². The number of halogens is 1. The molecule has 0 radical (unpaired) electrons. The van der Waals surface area contributed by atoms with E-state index in [0.717, 1.165) is 6.07 Å². The normalized spacial score (nSPS) is 11.7. The first-order valence-electron chi connectivity index (χ1n) is 4.62. The van der Waals surface area contributed by atoms with Gasteiger partial charge in [0, 0.05) is 0 Å². The molecule has 0 aliphatic carbocycles. The summed E-state index contributed by atoms with van der Waals surface area (Å²) in [4.78, 5) is 22.4. The van der Waals surface area contributed by atoms with Crippen molar-refractivity contribution in [1.29, 1.82) is 0 Å². The minimum Gasteiger partial charge on any atom is -0.320 e. The fourth-order valence-corrected chi connectivity index (χ4v) is 0.945. The number of hydrogen-bond donors (Lipinski definition) is 3. The van der Waals surface area contributed by atoms with Crippen molar-refractivity contribution in [2.75, 3.05) is 0 Å². The quantitative estimate of drug-likeness (QED) is 0.616. The van der Waals surface area contributed by atoms with Gasteiger partial charge in [0.15, 0.2) is 0 Å². The van der Waals surface area contributed by atoms with E-state index in [0.29, 0.717) is 0 Å². The van der Waals surface area contributed by atoms with Crippen LogP contribution in [0.2, 0.25) is 0 Å². The molecule has 1 atom stereocenters. The number of carbonyl (C=O) groups is 2. The van der Waals surface area contributed by atoms with Gasteiger partial charge in [0.1, 0.15) is 5.82 Å². The van der Waals surface area contributed by atoms with Crippen LogP contribution in [0.4, 0.5) is 4.39 Å². The highest BCUT2D eigenvalue weighted by Crippen LogP contribution is 2.04. The lowest BCUT2D eigenvalue weighted by Crippen LogP contribution is -2.48. The van der Waals surface area contributed by atoms with E-state index in [9.17, 15) is 14.0 Å². The van der Waals surface area contributed by atoms with E-state index >= 15 is 0 Å². The van der Waals surface area contributed by atoms with Crippen LogP contribution in [-0.4, -0.2) is 17.9 Å². The van der Waals surface area contributed by atoms with Gasteiger partial charge in [-0.15, -0.1) is 0 Å². The van der Waals surface area contributed by atoms with Crippen LogP contribution in [0.5, 0.6) is 0 Å². The predicted octanol–water partition coefficient (Wildman–Crippen LogP) is -0.0661. The number of hydrogen-bond acceptors (Lipinski definition) is 3. The summed E-state index contributed by atoms with van der Waals surface area (Å²) in [5, 5.41) is 0. The van der Waals surface area contributed by atoms with Crippen LogP contribution in [0.15, 0.2) is 24.3 Å². The van der Waals surface area contributed by atoms with Crippen molar-refractivity contribution in [2.45, 2.75) is 13.0 Å². The topological polar surface area (TPSA) is 84.2 Å². The maximum Gasteiger partial charge on any atom is 0.272 e. The zero-order valence-corrected chi connectivity index (χ0v) is 8.66. The summed E-state index contributed by atoms with van der Waals surface area (Å²) in [6.07, 6.45) is 0. The highest BCUT2D eigenvalue weighted by atomic mass is 19.1. The summed E-state index contributed by atoms with van der Waals surface area (Å²) in [5.41, 5.74) is 9.25. The Kier molecular flexibility index (Phi) is 3.96. The summed E-state index contributed by atoms with van der Waals surface area (Å²) in [6.45, 7) is 1.46. The highest BCUT2D eigenvalue weighted by molar-refractivity contribution is 5.95. The zero-order chi connectivity index (χ0) is 12.1. The van der Waals surface area contributed by atoms with Gasteiger partial charge < -0.3 is 5.73 Å². The summed E-state index contributed by atoms with van der Waals surface area (Å²) < 4.78 is 13.1. The second-order valence-electron chi connectivity index (χ2n) is 3.21. The molecular formula is C10H12FN3O2. The Morgan fingerprint density at radius 1 is 1.31 bits per heavy atom. The van der Waals surface area contributed by atoms with Crippen LogP contribution < -0.4 is 16.6 Å². The Bertz CT molecular complexity index is 407. The lowest BCUT2D eigenvalue weighted by Gasteiger charge is -2.09. The van der Waals surface area contributed by atoms with Gasteiger partial charge in [-0.05, 0) is 19.1 Å². The number of amides is 2. The standard InChI is InChI=1S/C10H12FN3O2/c1-6(12)9(15)13-14-10(16)7-4-2-3-5-8(7)11/h2-6H,12H2,1H3,(H,13,15)(H,14,16). The summed E-state index contributed by atoms with van der Waals surface area (Å²) in [7, 11) is 0. The molecule has 0 aliphatic heterocycles.